The molecule has 1 atom stereocenters. The summed E-state index contributed by atoms with van der Waals surface area (Å²) in [4.78, 5) is 29.6. The van der Waals surface area contributed by atoms with Gasteiger partial charge in [-0.05, 0) is 12.1 Å². The van der Waals surface area contributed by atoms with E-state index in [1.165, 1.54) is 11.8 Å². The van der Waals surface area contributed by atoms with Gasteiger partial charge in [0.2, 0.25) is 5.91 Å². The lowest BCUT2D eigenvalue weighted by molar-refractivity contribution is -0.139. The fourth-order valence-electron chi connectivity index (χ4n) is 2.47. The van der Waals surface area contributed by atoms with Gasteiger partial charge < -0.3 is 10.0 Å². The maximum Gasteiger partial charge on any atom is 0.305 e. The van der Waals surface area contributed by atoms with E-state index in [4.69, 9.17) is 5.11 Å². The molecule has 0 saturated carbocycles. The molecule has 2 aromatic rings. The maximum absolute atomic E-state index is 12.5. The minimum absolute atomic E-state index is 0.000746. The van der Waals surface area contributed by atoms with Crippen LogP contribution in [0, 0.1) is 0 Å². The Hall–Kier alpha value is -1.25. The van der Waals surface area contributed by atoms with E-state index in [1.54, 1.807) is 28.0 Å². The molecular weight excluding hydrogens is 352 g/mol. The number of carboxylic acids is 1. The lowest BCUT2D eigenvalue weighted by Gasteiger charge is -2.34. The molecule has 0 bridgehead atoms. The Labute approximate surface area is 146 Å². The molecule has 1 amide bonds. The number of fused-ring (bicyclic) bond motifs is 1. The summed E-state index contributed by atoms with van der Waals surface area (Å²) >= 11 is 4.72. The highest BCUT2D eigenvalue weighted by Crippen LogP contribution is 2.30. The number of carbonyl (C=O) groups excluding carboxylic acids is 1. The number of hydrogen-bond donors (Lipinski definition) is 1. The van der Waals surface area contributed by atoms with Crippen molar-refractivity contribution in [1.29, 1.82) is 0 Å². The van der Waals surface area contributed by atoms with Gasteiger partial charge >= 0.3 is 5.97 Å². The summed E-state index contributed by atoms with van der Waals surface area (Å²) in [6, 6.07) is 7.70. The van der Waals surface area contributed by atoms with Crippen molar-refractivity contribution >= 4 is 57.0 Å². The summed E-state index contributed by atoms with van der Waals surface area (Å²) < 4.78 is 1.99. The number of benzene rings is 1. The average Bonchev–Trinajstić information content (AvgIpc) is 2.95. The molecule has 8 heteroatoms. The molecule has 1 N–H and O–H groups in total. The standard InChI is InChI=1S/C15H16N2O3S3/c18-13(17-5-6-21-8-10(17)7-14(19)20)9-22-15-16-11-3-1-2-4-12(11)23-15/h1-4,10H,5-9H2,(H,19,20). The van der Waals surface area contributed by atoms with Gasteiger partial charge in [-0.1, -0.05) is 23.9 Å². The number of aromatic nitrogens is 1. The van der Waals surface area contributed by atoms with Crippen LogP contribution < -0.4 is 0 Å². The lowest BCUT2D eigenvalue weighted by Crippen LogP contribution is -2.47. The largest absolute Gasteiger partial charge is 0.481 e. The number of para-hydroxylation sites is 1. The molecule has 2 heterocycles. The normalized spacial score (nSPS) is 18.3. The van der Waals surface area contributed by atoms with Crippen LogP contribution in [0.25, 0.3) is 10.2 Å². The van der Waals surface area contributed by atoms with Gasteiger partial charge in [-0.25, -0.2) is 4.98 Å². The van der Waals surface area contributed by atoms with E-state index in [0.29, 0.717) is 18.1 Å². The Morgan fingerprint density at radius 3 is 3.00 bits per heavy atom. The number of carboxylic acid groups (broad SMARTS) is 1. The molecule has 122 valence electrons. The van der Waals surface area contributed by atoms with Crippen molar-refractivity contribution in [3.63, 3.8) is 0 Å². The summed E-state index contributed by atoms with van der Waals surface area (Å²) in [5.74, 6) is 1.02. The second kappa shape index (κ2) is 7.55. The van der Waals surface area contributed by atoms with Gasteiger partial charge in [0.15, 0.2) is 4.34 Å². The van der Waals surface area contributed by atoms with Crippen molar-refractivity contribution in [3.8, 4) is 0 Å². The third kappa shape index (κ3) is 4.19. The smallest absolute Gasteiger partial charge is 0.305 e. The Balaban J connectivity index is 1.62. The molecule has 5 nitrogen and oxygen atoms in total. The second-order valence-corrected chi connectivity index (χ2v) is 8.55. The third-order valence-electron chi connectivity index (χ3n) is 3.55. The van der Waals surface area contributed by atoms with Gasteiger partial charge in [0.05, 0.1) is 28.4 Å². The van der Waals surface area contributed by atoms with Crippen LogP contribution in [0.2, 0.25) is 0 Å². The van der Waals surface area contributed by atoms with E-state index in [1.807, 2.05) is 24.3 Å². The molecule has 0 spiro atoms. The molecule has 3 rings (SSSR count). The zero-order valence-electron chi connectivity index (χ0n) is 12.3. The molecule has 1 aromatic heterocycles. The highest BCUT2D eigenvalue weighted by Gasteiger charge is 2.28. The third-order valence-corrected chi connectivity index (χ3v) is 6.81. The summed E-state index contributed by atoms with van der Waals surface area (Å²) in [5.41, 5.74) is 0.950. The molecule has 1 aliphatic heterocycles. The maximum atomic E-state index is 12.5. The first-order valence-corrected chi connectivity index (χ1v) is 10.2. The fourth-order valence-corrected chi connectivity index (χ4v) is 5.49. The van der Waals surface area contributed by atoms with Crippen molar-refractivity contribution in [3.05, 3.63) is 24.3 Å². The fraction of sp³-hybridized carbons (Fsp3) is 0.400. The van der Waals surface area contributed by atoms with E-state index >= 15 is 0 Å². The van der Waals surface area contributed by atoms with Crippen LogP contribution in [0.4, 0.5) is 0 Å². The predicted molar refractivity (Wildman–Crippen MR) is 95.4 cm³/mol. The SMILES string of the molecule is O=C(O)CC1CSCCN1C(=O)CSc1nc2ccccc2s1. The zero-order chi connectivity index (χ0) is 16.2. The monoisotopic (exact) mass is 368 g/mol. The molecule has 1 unspecified atom stereocenters. The number of thioether (sulfide) groups is 2. The van der Waals surface area contributed by atoms with E-state index in [-0.39, 0.29) is 18.4 Å². The number of hydrogen-bond acceptors (Lipinski definition) is 6. The first-order valence-electron chi connectivity index (χ1n) is 7.21. The van der Waals surface area contributed by atoms with Gasteiger partial charge in [-0.2, -0.15) is 11.8 Å². The van der Waals surface area contributed by atoms with Crippen LogP contribution in [0.3, 0.4) is 0 Å². The van der Waals surface area contributed by atoms with Gasteiger partial charge in [-0.15, -0.1) is 11.3 Å². The Kier molecular flexibility index (Phi) is 5.45. The quantitative estimate of drug-likeness (QED) is 0.819. The Morgan fingerprint density at radius 1 is 1.39 bits per heavy atom. The number of carbonyl (C=O) groups is 2. The second-order valence-electron chi connectivity index (χ2n) is 5.15. The molecular formula is C15H16N2O3S3. The predicted octanol–water partition coefficient (Wildman–Crippen LogP) is 2.81. The van der Waals surface area contributed by atoms with Crippen molar-refractivity contribution in [2.24, 2.45) is 0 Å². The van der Waals surface area contributed by atoms with Gasteiger partial charge in [0.25, 0.3) is 0 Å². The topological polar surface area (TPSA) is 70.5 Å². The van der Waals surface area contributed by atoms with Crippen LogP contribution >= 0.6 is 34.9 Å². The van der Waals surface area contributed by atoms with Gasteiger partial charge in [0, 0.05) is 18.1 Å². The minimum Gasteiger partial charge on any atom is -0.481 e. The molecule has 0 aliphatic carbocycles. The molecule has 1 fully saturated rings. The first-order chi connectivity index (χ1) is 11.1. The van der Waals surface area contributed by atoms with Crippen molar-refractivity contribution in [1.82, 2.24) is 9.88 Å². The van der Waals surface area contributed by atoms with E-state index in [9.17, 15) is 9.59 Å². The van der Waals surface area contributed by atoms with Crippen molar-refractivity contribution in [2.45, 2.75) is 16.8 Å². The van der Waals surface area contributed by atoms with E-state index in [0.717, 1.165) is 20.3 Å². The minimum atomic E-state index is -0.853. The number of thiazole rings is 1. The highest BCUT2D eigenvalue weighted by molar-refractivity contribution is 8.01. The first kappa shape index (κ1) is 16.6. The Bertz CT molecular complexity index is 686. The number of aliphatic carboxylic acids is 1. The summed E-state index contributed by atoms with van der Waals surface area (Å²) in [6.07, 6.45) is 0.0184. The lowest BCUT2D eigenvalue weighted by atomic mass is 10.2. The van der Waals surface area contributed by atoms with Crippen LogP contribution in [0.5, 0.6) is 0 Å². The van der Waals surface area contributed by atoms with E-state index < -0.39 is 5.97 Å². The number of rotatable bonds is 5. The summed E-state index contributed by atoms with van der Waals surface area (Å²) in [7, 11) is 0. The molecule has 23 heavy (non-hydrogen) atoms. The molecule has 1 saturated heterocycles. The van der Waals surface area contributed by atoms with Gasteiger partial charge in [-0.3, -0.25) is 9.59 Å². The van der Waals surface area contributed by atoms with Crippen LogP contribution in [-0.4, -0.2) is 56.7 Å². The molecule has 1 aliphatic rings. The van der Waals surface area contributed by atoms with Crippen LogP contribution in [0.15, 0.2) is 28.6 Å². The molecule has 0 radical (unpaired) electrons. The highest BCUT2D eigenvalue weighted by atomic mass is 32.2. The summed E-state index contributed by atoms with van der Waals surface area (Å²) in [6.45, 7) is 0.627. The van der Waals surface area contributed by atoms with Gasteiger partial charge in [0.1, 0.15) is 0 Å². The Morgan fingerprint density at radius 2 is 2.22 bits per heavy atom. The molecule has 1 aromatic carbocycles. The average molecular weight is 369 g/mol. The van der Waals surface area contributed by atoms with Crippen LogP contribution in [-0.2, 0) is 9.59 Å². The number of amides is 1. The summed E-state index contributed by atoms with van der Waals surface area (Å²) in [5, 5.41) is 8.99. The zero-order valence-corrected chi connectivity index (χ0v) is 14.8. The van der Waals surface area contributed by atoms with Crippen LogP contribution in [0.1, 0.15) is 6.42 Å². The number of nitrogens with zero attached hydrogens (tertiary/aromatic N) is 2. The van der Waals surface area contributed by atoms with Crippen molar-refractivity contribution in [2.75, 3.05) is 23.8 Å². The van der Waals surface area contributed by atoms with E-state index in [2.05, 4.69) is 4.98 Å². The van der Waals surface area contributed by atoms with Crippen molar-refractivity contribution < 1.29 is 14.7 Å².